The van der Waals surface area contributed by atoms with Gasteiger partial charge in [-0.3, -0.25) is 9.79 Å². The van der Waals surface area contributed by atoms with E-state index >= 15 is 0 Å². The predicted octanol–water partition coefficient (Wildman–Crippen LogP) is 3.93. The number of aliphatic imine (C=N–C) groups is 1. The van der Waals surface area contributed by atoms with Gasteiger partial charge >= 0.3 is 0 Å². The number of nitrogens with zero attached hydrogens (tertiary/aromatic N) is 1. The van der Waals surface area contributed by atoms with Gasteiger partial charge in [-0.05, 0) is 48.9 Å². The SMILES string of the molecule is NC(=O)c1ccccc1CC12CCCCC1=Nc1ccccc12. The summed E-state index contributed by atoms with van der Waals surface area (Å²) in [5, 5.41) is 0. The van der Waals surface area contributed by atoms with E-state index < -0.39 is 0 Å². The third-order valence-corrected chi connectivity index (χ3v) is 5.27. The Kier molecular flexibility index (Phi) is 3.29. The number of hydrogen-bond donors (Lipinski definition) is 1. The van der Waals surface area contributed by atoms with Gasteiger partial charge in [0.25, 0.3) is 0 Å². The van der Waals surface area contributed by atoms with Crippen molar-refractivity contribution in [2.24, 2.45) is 10.7 Å². The van der Waals surface area contributed by atoms with Crippen LogP contribution in [0.5, 0.6) is 0 Å². The Bertz CT molecular complexity index is 809. The van der Waals surface area contributed by atoms with Crippen LogP contribution in [0.4, 0.5) is 5.69 Å². The van der Waals surface area contributed by atoms with Crippen LogP contribution in [0.1, 0.15) is 47.2 Å². The number of rotatable bonds is 3. The van der Waals surface area contributed by atoms with Crippen molar-refractivity contribution >= 4 is 17.3 Å². The molecule has 0 bridgehead atoms. The third kappa shape index (κ3) is 2.19. The number of carbonyl (C=O) groups is 1. The van der Waals surface area contributed by atoms with E-state index in [0.29, 0.717) is 5.56 Å². The molecular weight excluding hydrogens is 284 g/mol. The highest BCUT2D eigenvalue weighted by Crippen LogP contribution is 2.49. The Labute approximate surface area is 136 Å². The summed E-state index contributed by atoms with van der Waals surface area (Å²) in [6, 6.07) is 16.2. The Morgan fingerprint density at radius 3 is 2.74 bits per heavy atom. The first-order chi connectivity index (χ1) is 11.2. The molecule has 0 spiro atoms. The molecule has 1 unspecified atom stereocenters. The van der Waals surface area contributed by atoms with E-state index in [-0.39, 0.29) is 11.3 Å². The van der Waals surface area contributed by atoms with Gasteiger partial charge in [0.05, 0.1) is 5.69 Å². The second-order valence-electron chi connectivity index (χ2n) is 6.56. The lowest BCUT2D eigenvalue weighted by Crippen LogP contribution is -2.38. The topological polar surface area (TPSA) is 55.5 Å². The van der Waals surface area contributed by atoms with E-state index in [4.69, 9.17) is 10.7 Å². The largest absolute Gasteiger partial charge is 0.366 e. The van der Waals surface area contributed by atoms with Crippen LogP contribution >= 0.6 is 0 Å². The number of amides is 1. The molecule has 3 heteroatoms. The van der Waals surface area contributed by atoms with Crippen molar-refractivity contribution in [2.75, 3.05) is 0 Å². The van der Waals surface area contributed by atoms with Crippen molar-refractivity contribution in [3.63, 3.8) is 0 Å². The highest BCUT2D eigenvalue weighted by molar-refractivity contribution is 6.03. The van der Waals surface area contributed by atoms with E-state index in [9.17, 15) is 4.79 Å². The maximum atomic E-state index is 11.8. The molecule has 1 saturated carbocycles. The lowest BCUT2D eigenvalue weighted by molar-refractivity contribution is 0.0999. The number of hydrogen-bond acceptors (Lipinski definition) is 2. The number of carbonyl (C=O) groups excluding carboxylic acids is 1. The molecule has 0 saturated heterocycles. The maximum absolute atomic E-state index is 11.8. The summed E-state index contributed by atoms with van der Waals surface area (Å²) in [7, 11) is 0. The minimum atomic E-state index is -0.349. The fraction of sp³-hybridized carbons (Fsp3) is 0.300. The average molecular weight is 304 g/mol. The van der Waals surface area contributed by atoms with Gasteiger partial charge in [-0.15, -0.1) is 0 Å². The van der Waals surface area contributed by atoms with E-state index in [1.54, 1.807) is 0 Å². The second kappa shape index (κ2) is 5.34. The van der Waals surface area contributed by atoms with Gasteiger partial charge < -0.3 is 5.73 Å². The Morgan fingerprint density at radius 1 is 1.09 bits per heavy atom. The zero-order valence-corrected chi connectivity index (χ0v) is 13.1. The molecule has 1 aliphatic carbocycles. The molecule has 0 radical (unpaired) electrons. The van der Waals surface area contributed by atoms with Crippen molar-refractivity contribution < 1.29 is 4.79 Å². The van der Waals surface area contributed by atoms with Crippen LogP contribution in [0.2, 0.25) is 0 Å². The quantitative estimate of drug-likeness (QED) is 0.918. The monoisotopic (exact) mass is 304 g/mol. The fourth-order valence-electron chi connectivity index (χ4n) is 4.20. The minimum Gasteiger partial charge on any atom is -0.366 e. The molecule has 2 aliphatic rings. The molecule has 1 aliphatic heterocycles. The first-order valence-electron chi connectivity index (χ1n) is 8.26. The smallest absolute Gasteiger partial charge is 0.248 e. The standard InChI is InChI=1S/C20H20N2O/c21-19(23)15-8-2-1-7-14(15)13-20-12-6-5-11-18(20)22-17-10-4-3-9-16(17)20/h1-4,7-10H,5-6,11-13H2,(H2,21,23). The molecule has 2 N–H and O–H groups in total. The summed E-state index contributed by atoms with van der Waals surface area (Å²) < 4.78 is 0. The molecule has 2 aromatic carbocycles. The molecule has 2 aromatic rings. The van der Waals surface area contributed by atoms with Crippen molar-refractivity contribution in [1.29, 1.82) is 0 Å². The van der Waals surface area contributed by atoms with Crippen molar-refractivity contribution in [3.8, 4) is 0 Å². The fourth-order valence-corrected chi connectivity index (χ4v) is 4.20. The van der Waals surface area contributed by atoms with Crippen molar-refractivity contribution in [1.82, 2.24) is 0 Å². The van der Waals surface area contributed by atoms with Crippen LogP contribution in [0.15, 0.2) is 53.5 Å². The molecule has 116 valence electrons. The summed E-state index contributed by atoms with van der Waals surface area (Å²) in [6.07, 6.45) is 5.35. The van der Waals surface area contributed by atoms with Crippen LogP contribution in [0.3, 0.4) is 0 Å². The lowest BCUT2D eigenvalue weighted by Gasteiger charge is -2.36. The van der Waals surface area contributed by atoms with Gasteiger partial charge in [0.2, 0.25) is 5.91 Å². The first-order valence-corrected chi connectivity index (χ1v) is 8.26. The predicted molar refractivity (Wildman–Crippen MR) is 92.3 cm³/mol. The molecule has 4 rings (SSSR count). The Balaban J connectivity index is 1.83. The Hall–Kier alpha value is -2.42. The van der Waals surface area contributed by atoms with Crippen molar-refractivity contribution in [3.05, 3.63) is 65.2 Å². The zero-order chi connectivity index (χ0) is 15.9. The van der Waals surface area contributed by atoms with Crippen molar-refractivity contribution in [2.45, 2.75) is 37.5 Å². The van der Waals surface area contributed by atoms with Crippen LogP contribution in [0.25, 0.3) is 0 Å². The van der Waals surface area contributed by atoms with Gasteiger partial charge in [0.15, 0.2) is 0 Å². The summed E-state index contributed by atoms with van der Waals surface area (Å²) in [5.41, 5.74) is 10.9. The minimum absolute atomic E-state index is 0.0552. The van der Waals surface area contributed by atoms with Gasteiger partial charge in [0.1, 0.15) is 0 Å². The number of benzene rings is 2. The van der Waals surface area contributed by atoms with E-state index in [0.717, 1.165) is 30.5 Å². The van der Waals surface area contributed by atoms with Crippen LogP contribution in [-0.2, 0) is 11.8 Å². The highest BCUT2D eigenvalue weighted by Gasteiger charge is 2.44. The van der Waals surface area contributed by atoms with Gasteiger partial charge in [-0.1, -0.05) is 42.8 Å². The van der Waals surface area contributed by atoms with E-state index in [1.165, 1.54) is 24.1 Å². The normalized spacial score (nSPS) is 22.2. The zero-order valence-electron chi connectivity index (χ0n) is 13.1. The van der Waals surface area contributed by atoms with Gasteiger partial charge in [0, 0.05) is 16.7 Å². The summed E-state index contributed by atoms with van der Waals surface area (Å²) in [5.74, 6) is -0.349. The Morgan fingerprint density at radius 2 is 1.87 bits per heavy atom. The first kappa shape index (κ1) is 14.2. The van der Waals surface area contributed by atoms with E-state index in [2.05, 4.69) is 18.2 Å². The van der Waals surface area contributed by atoms with Gasteiger partial charge in [-0.25, -0.2) is 0 Å². The van der Waals surface area contributed by atoms with Crippen LogP contribution < -0.4 is 5.73 Å². The third-order valence-electron chi connectivity index (χ3n) is 5.27. The molecule has 1 fully saturated rings. The van der Waals surface area contributed by atoms with Crippen LogP contribution in [-0.4, -0.2) is 11.6 Å². The molecule has 1 atom stereocenters. The molecule has 0 aromatic heterocycles. The summed E-state index contributed by atoms with van der Waals surface area (Å²) >= 11 is 0. The van der Waals surface area contributed by atoms with Gasteiger partial charge in [-0.2, -0.15) is 0 Å². The summed E-state index contributed by atoms with van der Waals surface area (Å²) in [6.45, 7) is 0. The number of primary amides is 1. The number of fused-ring (bicyclic) bond motifs is 3. The molecule has 3 nitrogen and oxygen atoms in total. The van der Waals surface area contributed by atoms with E-state index in [1.807, 2.05) is 30.3 Å². The maximum Gasteiger partial charge on any atom is 0.248 e. The lowest BCUT2D eigenvalue weighted by atomic mass is 9.65. The van der Waals surface area contributed by atoms with Crippen LogP contribution in [0, 0.1) is 0 Å². The molecule has 1 amide bonds. The number of nitrogens with two attached hydrogens (primary N) is 1. The molecular formula is C20H20N2O. The highest BCUT2D eigenvalue weighted by atomic mass is 16.1. The average Bonchev–Trinajstić information content (AvgIpc) is 2.89. The summed E-state index contributed by atoms with van der Waals surface area (Å²) in [4.78, 5) is 16.7. The molecule has 23 heavy (non-hydrogen) atoms. The number of para-hydroxylation sites is 1. The molecule has 1 heterocycles. The second-order valence-corrected chi connectivity index (χ2v) is 6.56.